The molecule has 0 atom stereocenters. The molecule has 0 heterocycles. The third-order valence-corrected chi connectivity index (χ3v) is 6.42. The van der Waals surface area contributed by atoms with Crippen molar-refractivity contribution in [1.29, 1.82) is 0 Å². The Kier molecular flexibility index (Phi) is 4.57. The average Bonchev–Trinajstić information content (AvgIpc) is 2.53. The van der Waals surface area contributed by atoms with Crippen LogP contribution in [0.5, 0.6) is 0 Å². The molecule has 23 heavy (non-hydrogen) atoms. The number of hydrogen-bond acceptors (Lipinski definition) is 1. The van der Waals surface area contributed by atoms with E-state index in [1.54, 1.807) is 19.3 Å². The van der Waals surface area contributed by atoms with Crippen LogP contribution in [-0.2, 0) is 11.3 Å². The van der Waals surface area contributed by atoms with Crippen molar-refractivity contribution >= 4 is 0 Å². The largest absolute Gasteiger partial charge is 0.376 e. The molecule has 0 unspecified atom stereocenters. The average molecular weight is 310 g/mol. The van der Waals surface area contributed by atoms with Crippen LogP contribution in [0.4, 0.5) is 0 Å². The molecule has 1 nitrogen and oxygen atoms in total. The van der Waals surface area contributed by atoms with E-state index >= 15 is 0 Å². The second-order valence-corrected chi connectivity index (χ2v) is 8.42. The molecule has 0 amide bonds. The van der Waals surface area contributed by atoms with E-state index in [1.807, 2.05) is 0 Å². The molecule has 1 aromatic carbocycles. The molecule has 0 aliphatic heterocycles. The van der Waals surface area contributed by atoms with E-state index in [0.29, 0.717) is 5.41 Å². The van der Waals surface area contributed by atoms with Crippen LogP contribution in [-0.4, -0.2) is 6.61 Å². The fraction of sp³-hybridized carbons (Fsp3) is 0.636. The van der Waals surface area contributed by atoms with Gasteiger partial charge in [-0.25, -0.2) is 0 Å². The maximum Gasteiger partial charge on any atom is 0.0717 e. The Bertz CT molecular complexity index is 495. The Morgan fingerprint density at radius 2 is 1.57 bits per heavy atom. The van der Waals surface area contributed by atoms with Gasteiger partial charge in [0.05, 0.1) is 13.2 Å². The van der Waals surface area contributed by atoms with Gasteiger partial charge in [-0.05, 0) is 80.1 Å². The zero-order valence-electron chi connectivity index (χ0n) is 14.3. The molecular formula is C22H30O. The lowest BCUT2D eigenvalue weighted by molar-refractivity contribution is -0.0507. The van der Waals surface area contributed by atoms with Crippen molar-refractivity contribution in [2.45, 2.75) is 58.0 Å². The quantitative estimate of drug-likeness (QED) is 0.460. The molecule has 4 aliphatic rings. The maximum absolute atomic E-state index is 5.76. The summed E-state index contributed by atoms with van der Waals surface area (Å²) in [6, 6.07) is 10.5. The standard InChI is InChI=1S/C22H30O/c1-3-7-18(8-4-1)17-23-10-6-2-5-9-22-14-19-11-20(15-22)13-21(12-19)16-22/h1-5,7-8,19-21H,6,9-17H2/b5-2+. The minimum absolute atomic E-state index is 0.691. The number of benzene rings is 1. The normalized spacial score (nSPS) is 35.2. The second-order valence-electron chi connectivity index (χ2n) is 8.42. The molecule has 1 aromatic rings. The second kappa shape index (κ2) is 6.81. The van der Waals surface area contributed by atoms with Crippen LogP contribution in [0.15, 0.2) is 42.5 Å². The molecular weight excluding hydrogens is 280 g/mol. The van der Waals surface area contributed by atoms with Crippen LogP contribution in [0.3, 0.4) is 0 Å². The highest BCUT2D eigenvalue weighted by molar-refractivity contribution is 5.13. The van der Waals surface area contributed by atoms with Crippen molar-refractivity contribution in [2.75, 3.05) is 6.61 Å². The predicted molar refractivity (Wildman–Crippen MR) is 95.1 cm³/mol. The van der Waals surface area contributed by atoms with E-state index in [2.05, 4.69) is 42.5 Å². The molecule has 124 valence electrons. The maximum atomic E-state index is 5.76. The number of rotatable bonds is 7. The van der Waals surface area contributed by atoms with Crippen molar-refractivity contribution in [3.63, 3.8) is 0 Å². The summed E-state index contributed by atoms with van der Waals surface area (Å²) in [5.74, 6) is 3.22. The molecule has 0 spiro atoms. The van der Waals surface area contributed by atoms with Crippen LogP contribution in [0.25, 0.3) is 0 Å². The highest BCUT2D eigenvalue weighted by Crippen LogP contribution is 2.61. The van der Waals surface area contributed by atoms with Gasteiger partial charge in [0, 0.05) is 0 Å². The van der Waals surface area contributed by atoms with Crippen molar-refractivity contribution in [1.82, 2.24) is 0 Å². The highest BCUT2D eigenvalue weighted by atomic mass is 16.5. The Morgan fingerprint density at radius 3 is 2.22 bits per heavy atom. The first kappa shape index (κ1) is 15.4. The van der Waals surface area contributed by atoms with Gasteiger partial charge < -0.3 is 4.74 Å². The fourth-order valence-corrected chi connectivity index (χ4v) is 5.91. The lowest BCUT2D eigenvalue weighted by Gasteiger charge is -2.56. The molecule has 0 aromatic heterocycles. The van der Waals surface area contributed by atoms with E-state index in [-0.39, 0.29) is 0 Å². The van der Waals surface area contributed by atoms with Gasteiger partial charge in [-0.3, -0.25) is 0 Å². The first-order valence-electron chi connectivity index (χ1n) is 9.58. The molecule has 4 bridgehead atoms. The van der Waals surface area contributed by atoms with Crippen LogP contribution in [0.1, 0.15) is 56.9 Å². The summed E-state index contributed by atoms with van der Waals surface area (Å²) in [5.41, 5.74) is 1.96. The zero-order valence-corrected chi connectivity index (χ0v) is 14.3. The van der Waals surface area contributed by atoms with Gasteiger partial charge >= 0.3 is 0 Å². The summed E-state index contributed by atoms with van der Waals surface area (Å²) < 4.78 is 5.76. The lowest BCUT2D eigenvalue weighted by atomic mass is 9.49. The smallest absolute Gasteiger partial charge is 0.0717 e. The Morgan fingerprint density at radius 1 is 0.913 bits per heavy atom. The lowest BCUT2D eigenvalue weighted by Crippen LogP contribution is -2.45. The molecule has 4 saturated carbocycles. The Balaban J connectivity index is 1.17. The zero-order chi connectivity index (χ0) is 15.5. The minimum Gasteiger partial charge on any atom is -0.376 e. The third-order valence-electron chi connectivity index (χ3n) is 6.42. The SMILES string of the molecule is C(=C\CC12CC3CC(CC(C3)C1)C2)/CCOCc1ccccc1. The van der Waals surface area contributed by atoms with Gasteiger partial charge in [-0.15, -0.1) is 0 Å². The predicted octanol–water partition coefficient (Wildman–Crippen LogP) is 5.76. The van der Waals surface area contributed by atoms with E-state index in [0.717, 1.165) is 37.4 Å². The molecule has 4 fully saturated rings. The van der Waals surface area contributed by atoms with Crippen molar-refractivity contribution in [2.24, 2.45) is 23.2 Å². The fourth-order valence-electron chi connectivity index (χ4n) is 5.91. The van der Waals surface area contributed by atoms with Gasteiger partial charge in [0.25, 0.3) is 0 Å². The Hall–Kier alpha value is -1.08. The monoisotopic (exact) mass is 310 g/mol. The summed E-state index contributed by atoms with van der Waals surface area (Å²) in [6.07, 6.45) is 16.4. The first-order chi connectivity index (χ1) is 11.3. The van der Waals surface area contributed by atoms with Crippen LogP contribution >= 0.6 is 0 Å². The van der Waals surface area contributed by atoms with Crippen LogP contribution in [0.2, 0.25) is 0 Å². The van der Waals surface area contributed by atoms with Gasteiger partial charge in [-0.2, -0.15) is 0 Å². The Labute approximate surface area is 141 Å². The summed E-state index contributed by atoms with van der Waals surface area (Å²) in [6.45, 7) is 1.58. The summed E-state index contributed by atoms with van der Waals surface area (Å²) >= 11 is 0. The first-order valence-corrected chi connectivity index (χ1v) is 9.58. The number of allylic oxidation sites excluding steroid dienone is 1. The summed E-state index contributed by atoms with van der Waals surface area (Å²) in [5, 5.41) is 0. The number of ether oxygens (including phenoxy) is 1. The van der Waals surface area contributed by atoms with E-state index in [1.165, 1.54) is 31.2 Å². The van der Waals surface area contributed by atoms with Crippen LogP contribution in [0, 0.1) is 23.2 Å². The molecule has 1 heteroatoms. The minimum atomic E-state index is 0.691. The van der Waals surface area contributed by atoms with E-state index in [4.69, 9.17) is 4.74 Å². The third kappa shape index (κ3) is 3.71. The topological polar surface area (TPSA) is 9.23 Å². The summed E-state index contributed by atoms with van der Waals surface area (Å²) in [4.78, 5) is 0. The van der Waals surface area contributed by atoms with Gasteiger partial charge in [0.1, 0.15) is 0 Å². The van der Waals surface area contributed by atoms with Crippen LogP contribution < -0.4 is 0 Å². The molecule has 0 N–H and O–H groups in total. The van der Waals surface area contributed by atoms with Gasteiger partial charge in [-0.1, -0.05) is 42.5 Å². The number of hydrogen-bond donors (Lipinski definition) is 0. The molecule has 0 saturated heterocycles. The molecule has 4 aliphatic carbocycles. The molecule has 0 radical (unpaired) electrons. The van der Waals surface area contributed by atoms with E-state index < -0.39 is 0 Å². The van der Waals surface area contributed by atoms with Crippen molar-refractivity contribution in [3.8, 4) is 0 Å². The molecule has 5 rings (SSSR count). The summed E-state index contributed by atoms with van der Waals surface area (Å²) in [7, 11) is 0. The highest BCUT2D eigenvalue weighted by Gasteiger charge is 2.49. The van der Waals surface area contributed by atoms with E-state index in [9.17, 15) is 0 Å². The van der Waals surface area contributed by atoms with Gasteiger partial charge in [0.15, 0.2) is 0 Å². The van der Waals surface area contributed by atoms with Gasteiger partial charge in [0.2, 0.25) is 0 Å². The van der Waals surface area contributed by atoms with Crippen molar-refractivity contribution < 1.29 is 4.74 Å². The van der Waals surface area contributed by atoms with Crippen molar-refractivity contribution in [3.05, 3.63) is 48.0 Å².